The molecule has 2 aromatic carbocycles. The van der Waals surface area contributed by atoms with E-state index in [1.165, 1.54) is 12.1 Å². The van der Waals surface area contributed by atoms with Crippen molar-refractivity contribution in [1.29, 1.82) is 0 Å². The summed E-state index contributed by atoms with van der Waals surface area (Å²) in [4.78, 5) is 25.1. The number of fused-ring (bicyclic) bond motifs is 1. The topological polar surface area (TPSA) is 86.2 Å². The van der Waals surface area contributed by atoms with Gasteiger partial charge in [-0.3, -0.25) is 14.9 Å². The molecule has 0 fully saturated rings. The Morgan fingerprint density at radius 2 is 1.81 bits per heavy atom. The predicted octanol–water partition coefficient (Wildman–Crippen LogP) is 3.96. The Morgan fingerprint density at radius 3 is 2.50 bits per heavy atom. The van der Waals surface area contributed by atoms with Crippen LogP contribution in [0, 0.1) is 17.0 Å². The van der Waals surface area contributed by atoms with E-state index >= 15 is 0 Å². The molecule has 160 valence electrons. The molecule has 2 aromatic heterocycles. The lowest BCUT2D eigenvalue weighted by Gasteiger charge is -2.18. The molecule has 4 aromatic rings. The van der Waals surface area contributed by atoms with E-state index in [2.05, 4.69) is 19.1 Å². The number of non-ortho nitro benzene ring substituents is 1. The fourth-order valence-corrected chi connectivity index (χ4v) is 4.08. The van der Waals surface area contributed by atoms with Crippen molar-refractivity contribution in [3.63, 3.8) is 0 Å². The van der Waals surface area contributed by atoms with Gasteiger partial charge in [-0.1, -0.05) is 24.3 Å². The summed E-state index contributed by atoms with van der Waals surface area (Å²) < 4.78 is 3.97. The number of rotatable bonds is 5. The minimum absolute atomic E-state index is 0.0176. The van der Waals surface area contributed by atoms with Gasteiger partial charge in [-0.15, -0.1) is 0 Å². The van der Waals surface area contributed by atoms with Crippen molar-refractivity contribution in [2.45, 2.75) is 26.4 Å². The number of nitro groups is 1. The Morgan fingerprint density at radius 1 is 1.06 bits per heavy atom. The number of nitro benzene ring substituents is 1. The largest absolute Gasteiger partial charge is 0.332 e. The number of aryl methyl sites for hydroxylation is 1. The van der Waals surface area contributed by atoms with Crippen LogP contribution in [0.2, 0.25) is 0 Å². The fraction of sp³-hybridized carbons (Fsp3) is 0.167. The molecule has 0 bridgehead atoms. The minimum Gasteiger partial charge on any atom is -0.332 e. The third-order valence-electron chi connectivity index (χ3n) is 5.68. The Hall–Kier alpha value is -4.20. The maximum Gasteiger partial charge on any atom is 0.269 e. The van der Waals surface area contributed by atoms with E-state index in [0.29, 0.717) is 13.1 Å². The molecule has 8 heteroatoms. The highest BCUT2D eigenvalue weighted by molar-refractivity contribution is 5.79. The number of aromatic nitrogens is 3. The van der Waals surface area contributed by atoms with E-state index in [0.717, 1.165) is 33.9 Å². The lowest BCUT2D eigenvalue weighted by Crippen LogP contribution is -2.27. The summed E-state index contributed by atoms with van der Waals surface area (Å²) in [5.41, 5.74) is 4.81. The van der Waals surface area contributed by atoms with Crippen LogP contribution in [0.25, 0.3) is 11.5 Å². The van der Waals surface area contributed by atoms with Crippen LogP contribution in [-0.2, 0) is 24.3 Å². The van der Waals surface area contributed by atoms with Crippen molar-refractivity contribution in [2.75, 3.05) is 0 Å². The molecule has 1 aliphatic heterocycles. The molecule has 0 saturated heterocycles. The van der Waals surface area contributed by atoms with Crippen LogP contribution in [0.15, 0.2) is 73.1 Å². The second-order valence-corrected chi connectivity index (χ2v) is 7.94. The highest BCUT2D eigenvalue weighted by Crippen LogP contribution is 2.31. The first-order valence-corrected chi connectivity index (χ1v) is 10.3. The predicted molar refractivity (Wildman–Crippen MR) is 119 cm³/mol. The molecule has 1 amide bonds. The first kappa shape index (κ1) is 19.7. The Kier molecular flexibility index (Phi) is 4.82. The minimum atomic E-state index is -0.444. The molecule has 0 radical (unpaired) electrons. The van der Waals surface area contributed by atoms with E-state index in [1.54, 1.807) is 17.0 Å². The van der Waals surface area contributed by atoms with Crippen LogP contribution in [0.1, 0.15) is 22.4 Å². The first-order valence-electron chi connectivity index (χ1n) is 10.3. The van der Waals surface area contributed by atoms with Gasteiger partial charge >= 0.3 is 0 Å². The Labute approximate surface area is 184 Å². The van der Waals surface area contributed by atoms with Gasteiger partial charge in [0, 0.05) is 30.1 Å². The van der Waals surface area contributed by atoms with Gasteiger partial charge in [-0.05, 0) is 42.3 Å². The Bertz CT molecular complexity index is 1310. The van der Waals surface area contributed by atoms with Crippen molar-refractivity contribution in [3.05, 3.63) is 106 Å². The monoisotopic (exact) mass is 427 g/mol. The molecular formula is C24H21N5O3. The molecule has 0 atom stereocenters. The summed E-state index contributed by atoms with van der Waals surface area (Å²) in [6, 6.07) is 18.2. The SMILES string of the molecule is Cc1cccc(-n2nc3c(c2-n2cccc2)CN(C(=O)Cc2ccc([N+](=O)[O-])cc2)C3)c1. The summed E-state index contributed by atoms with van der Waals surface area (Å²) >= 11 is 0. The summed E-state index contributed by atoms with van der Waals surface area (Å²) in [6.07, 6.45) is 4.15. The first-order chi connectivity index (χ1) is 15.5. The maximum atomic E-state index is 12.9. The summed E-state index contributed by atoms with van der Waals surface area (Å²) in [7, 11) is 0. The number of amides is 1. The lowest BCUT2D eigenvalue weighted by molar-refractivity contribution is -0.384. The van der Waals surface area contributed by atoms with Crippen LogP contribution in [0.4, 0.5) is 5.69 Å². The van der Waals surface area contributed by atoms with E-state index in [-0.39, 0.29) is 18.0 Å². The third kappa shape index (κ3) is 3.56. The molecular weight excluding hydrogens is 406 g/mol. The van der Waals surface area contributed by atoms with Crippen molar-refractivity contribution in [1.82, 2.24) is 19.2 Å². The van der Waals surface area contributed by atoms with Gasteiger partial charge in [-0.2, -0.15) is 5.10 Å². The van der Waals surface area contributed by atoms with Crippen LogP contribution >= 0.6 is 0 Å². The summed E-state index contributed by atoms with van der Waals surface area (Å²) in [5, 5.41) is 15.7. The van der Waals surface area contributed by atoms with Gasteiger partial charge in [0.25, 0.3) is 5.69 Å². The van der Waals surface area contributed by atoms with Crippen LogP contribution < -0.4 is 0 Å². The molecule has 5 rings (SSSR count). The third-order valence-corrected chi connectivity index (χ3v) is 5.68. The van der Waals surface area contributed by atoms with Gasteiger partial charge in [0.15, 0.2) is 0 Å². The van der Waals surface area contributed by atoms with Gasteiger partial charge in [0.05, 0.1) is 35.8 Å². The zero-order valence-electron chi connectivity index (χ0n) is 17.5. The van der Waals surface area contributed by atoms with Gasteiger partial charge in [0.2, 0.25) is 5.91 Å². The molecule has 0 spiro atoms. The van der Waals surface area contributed by atoms with Crippen LogP contribution in [-0.4, -0.2) is 30.1 Å². The smallest absolute Gasteiger partial charge is 0.269 e. The molecule has 32 heavy (non-hydrogen) atoms. The van der Waals surface area contributed by atoms with E-state index in [4.69, 9.17) is 5.10 Å². The number of nitrogens with zero attached hydrogens (tertiary/aromatic N) is 5. The zero-order chi connectivity index (χ0) is 22.2. The quantitative estimate of drug-likeness (QED) is 0.356. The number of carbonyl (C=O) groups excluding carboxylic acids is 1. The number of hydrogen-bond donors (Lipinski definition) is 0. The number of hydrogen-bond acceptors (Lipinski definition) is 4. The summed E-state index contributed by atoms with van der Waals surface area (Å²) in [5.74, 6) is 0.902. The highest BCUT2D eigenvalue weighted by atomic mass is 16.6. The molecule has 3 heterocycles. The van der Waals surface area contributed by atoms with Gasteiger partial charge < -0.3 is 9.47 Å². The van der Waals surface area contributed by atoms with Crippen LogP contribution in [0.3, 0.4) is 0 Å². The Balaban J connectivity index is 1.42. The summed E-state index contributed by atoms with van der Waals surface area (Å²) in [6.45, 7) is 2.96. The second-order valence-electron chi connectivity index (χ2n) is 7.94. The maximum absolute atomic E-state index is 12.9. The normalized spacial score (nSPS) is 12.7. The lowest BCUT2D eigenvalue weighted by atomic mass is 10.1. The molecule has 0 saturated carbocycles. The van der Waals surface area contributed by atoms with Crippen molar-refractivity contribution >= 4 is 11.6 Å². The molecule has 8 nitrogen and oxygen atoms in total. The standard InChI is InChI=1S/C24H21N5O3/c1-17-5-4-6-20(13-17)28-24(26-11-2-3-12-26)21-15-27(16-22(21)25-28)23(30)14-18-7-9-19(10-8-18)29(31)32/h2-13H,14-16H2,1H3. The van der Waals surface area contributed by atoms with Crippen molar-refractivity contribution in [2.24, 2.45) is 0 Å². The molecule has 0 unspecified atom stereocenters. The molecule has 0 N–H and O–H groups in total. The van der Waals surface area contributed by atoms with Crippen molar-refractivity contribution in [3.8, 4) is 11.5 Å². The molecule has 0 aliphatic carbocycles. The van der Waals surface area contributed by atoms with E-state index < -0.39 is 4.92 Å². The average molecular weight is 427 g/mol. The van der Waals surface area contributed by atoms with E-state index in [1.807, 2.05) is 45.9 Å². The number of benzene rings is 2. The second kappa shape index (κ2) is 7.81. The van der Waals surface area contributed by atoms with Gasteiger partial charge in [0.1, 0.15) is 5.82 Å². The zero-order valence-corrected chi connectivity index (χ0v) is 17.5. The van der Waals surface area contributed by atoms with Gasteiger partial charge in [-0.25, -0.2) is 4.68 Å². The fourth-order valence-electron chi connectivity index (χ4n) is 4.08. The van der Waals surface area contributed by atoms with Crippen molar-refractivity contribution < 1.29 is 9.72 Å². The average Bonchev–Trinajstić information content (AvgIpc) is 3.50. The number of carbonyl (C=O) groups is 1. The molecule has 1 aliphatic rings. The van der Waals surface area contributed by atoms with E-state index in [9.17, 15) is 14.9 Å². The highest BCUT2D eigenvalue weighted by Gasteiger charge is 2.31. The van der Waals surface area contributed by atoms with Crippen LogP contribution in [0.5, 0.6) is 0 Å².